The predicted molar refractivity (Wildman–Crippen MR) is 142 cm³/mol. The number of benzene rings is 3. The van der Waals surface area contributed by atoms with Crippen LogP contribution in [0.2, 0.25) is 0 Å². The van der Waals surface area contributed by atoms with Crippen LogP contribution in [0.3, 0.4) is 0 Å². The lowest BCUT2D eigenvalue weighted by Gasteiger charge is -2.33. The summed E-state index contributed by atoms with van der Waals surface area (Å²) < 4.78 is 22.4. The van der Waals surface area contributed by atoms with E-state index >= 15 is 0 Å². The molecule has 0 spiro atoms. The zero-order valence-corrected chi connectivity index (χ0v) is 21.1. The minimum Gasteiger partial charge on any atom is -0.497 e. The Bertz CT molecular complexity index is 1180. The second-order valence-electron chi connectivity index (χ2n) is 8.62. The van der Waals surface area contributed by atoms with Gasteiger partial charge in [-0.2, -0.15) is 0 Å². The molecule has 4 rings (SSSR count). The molecular weight excluding hydrogens is 472 g/mol. The first-order valence-electron chi connectivity index (χ1n) is 12.4. The van der Waals surface area contributed by atoms with Crippen molar-refractivity contribution in [1.82, 2.24) is 0 Å². The van der Waals surface area contributed by atoms with Gasteiger partial charge < -0.3 is 29.2 Å². The number of ether oxygens (including phenoxy) is 4. The minimum atomic E-state index is -0.575. The molecule has 0 bridgehead atoms. The van der Waals surface area contributed by atoms with Gasteiger partial charge in [-0.1, -0.05) is 18.2 Å². The highest BCUT2D eigenvalue weighted by Gasteiger charge is 2.31. The first kappa shape index (κ1) is 25.9. The fourth-order valence-electron chi connectivity index (χ4n) is 3.96. The number of anilines is 2. The predicted octanol–water partition coefficient (Wildman–Crippen LogP) is 5.08. The van der Waals surface area contributed by atoms with Gasteiger partial charge in [0.05, 0.1) is 26.0 Å². The lowest BCUT2D eigenvalue weighted by molar-refractivity contribution is -0.125. The summed E-state index contributed by atoms with van der Waals surface area (Å²) in [5.74, 6) is 2.65. The van der Waals surface area contributed by atoms with Gasteiger partial charge in [-0.15, -0.1) is 0 Å². The molecule has 0 saturated heterocycles. The van der Waals surface area contributed by atoms with Gasteiger partial charge in [0, 0.05) is 18.7 Å². The van der Waals surface area contributed by atoms with E-state index in [0.29, 0.717) is 56.1 Å². The molecule has 0 radical (unpaired) electrons. The van der Waals surface area contributed by atoms with Gasteiger partial charge >= 0.3 is 0 Å². The Kier molecular flexibility index (Phi) is 8.86. The highest BCUT2D eigenvalue weighted by molar-refractivity contribution is 6.01. The number of methoxy groups -OCH3 is 1. The van der Waals surface area contributed by atoms with Crippen LogP contribution in [0.15, 0.2) is 72.8 Å². The summed E-state index contributed by atoms with van der Waals surface area (Å²) in [7, 11) is 1.61. The maximum atomic E-state index is 12.9. The standard InChI is InChI=1S/C29H32N2O6/c1-21-29(33)31(17-7-19-36-24-8-4-3-5-9-24)26-20-22(11-16-27(26)37-21)30-28(32)10-6-18-35-25-14-12-23(34-2)13-15-25/h3-5,8-9,11-16,20-21H,6-7,10,17-19H2,1-2H3,(H,30,32). The molecule has 2 amide bonds. The summed E-state index contributed by atoms with van der Waals surface area (Å²) in [6.45, 7) is 3.12. The molecule has 1 aliphatic rings. The Morgan fingerprint density at radius 2 is 1.59 bits per heavy atom. The topological polar surface area (TPSA) is 86.3 Å². The van der Waals surface area contributed by atoms with Crippen molar-refractivity contribution in [2.75, 3.05) is 37.1 Å². The molecule has 194 valence electrons. The first-order chi connectivity index (χ1) is 18.0. The van der Waals surface area contributed by atoms with E-state index < -0.39 is 6.10 Å². The summed E-state index contributed by atoms with van der Waals surface area (Å²) in [4.78, 5) is 27.1. The lowest BCUT2D eigenvalue weighted by Crippen LogP contribution is -2.45. The van der Waals surface area contributed by atoms with Gasteiger partial charge in [0.15, 0.2) is 6.10 Å². The largest absolute Gasteiger partial charge is 0.497 e. The molecule has 8 nitrogen and oxygen atoms in total. The number of hydrogen-bond donors (Lipinski definition) is 1. The quantitative estimate of drug-likeness (QED) is 0.347. The Morgan fingerprint density at radius 3 is 2.32 bits per heavy atom. The molecule has 3 aromatic carbocycles. The number of fused-ring (bicyclic) bond motifs is 1. The number of hydrogen-bond acceptors (Lipinski definition) is 6. The number of nitrogens with one attached hydrogen (secondary N) is 1. The van der Waals surface area contributed by atoms with E-state index in [1.807, 2.05) is 54.6 Å². The molecule has 8 heteroatoms. The van der Waals surface area contributed by atoms with Crippen molar-refractivity contribution in [2.24, 2.45) is 0 Å². The third-order valence-corrected chi connectivity index (χ3v) is 5.87. The second-order valence-corrected chi connectivity index (χ2v) is 8.62. The van der Waals surface area contributed by atoms with Crippen molar-refractivity contribution in [3.63, 3.8) is 0 Å². The SMILES string of the molecule is COc1ccc(OCCCC(=O)Nc2ccc3c(c2)N(CCCOc2ccccc2)C(=O)C(C)O3)cc1. The van der Waals surface area contributed by atoms with Crippen LogP contribution in [0, 0.1) is 0 Å². The minimum absolute atomic E-state index is 0.119. The smallest absolute Gasteiger partial charge is 0.267 e. The fourth-order valence-corrected chi connectivity index (χ4v) is 3.96. The van der Waals surface area contributed by atoms with Crippen LogP contribution in [0.5, 0.6) is 23.0 Å². The summed E-state index contributed by atoms with van der Waals surface area (Å²) in [5, 5.41) is 2.91. The summed E-state index contributed by atoms with van der Waals surface area (Å²) in [6.07, 6.45) is 0.946. The highest BCUT2D eigenvalue weighted by Crippen LogP contribution is 2.36. The molecule has 1 unspecified atom stereocenters. The van der Waals surface area contributed by atoms with Crippen LogP contribution >= 0.6 is 0 Å². The Hall–Kier alpha value is -4.20. The van der Waals surface area contributed by atoms with Gasteiger partial charge in [-0.3, -0.25) is 9.59 Å². The summed E-state index contributed by atoms with van der Waals surface area (Å²) >= 11 is 0. The Morgan fingerprint density at radius 1 is 0.919 bits per heavy atom. The molecule has 37 heavy (non-hydrogen) atoms. The summed E-state index contributed by atoms with van der Waals surface area (Å²) in [6, 6.07) is 22.2. The number of amides is 2. The molecule has 1 N–H and O–H groups in total. The van der Waals surface area contributed by atoms with Gasteiger partial charge in [-0.25, -0.2) is 0 Å². The third-order valence-electron chi connectivity index (χ3n) is 5.87. The highest BCUT2D eigenvalue weighted by atomic mass is 16.5. The van der Waals surface area contributed by atoms with E-state index in [-0.39, 0.29) is 11.8 Å². The molecule has 3 aromatic rings. The van der Waals surface area contributed by atoms with E-state index in [1.54, 1.807) is 37.1 Å². The molecule has 1 atom stereocenters. The Labute approximate surface area is 217 Å². The number of carbonyl (C=O) groups excluding carboxylic acids is 2. The second kappa shape index (κ2) is 12.7. The zero-order valence-electron chi connectivity index (χ0n) is 21.1. The van der Waals surface area contributed by atoms with Crippen LogP contribution in [0.25, 0.3) is 0 Å². The van der Waals surface area contributed by atoms with Crippen LogP contribution in [-0.4, -0.2) is 44.8 Å². The number of nitrogens with zero attached hydrogens (tertiary/aromatic N) is 1. The van der Waals surface area contributed by atoms with Crippen LogP contribution in [-0.2, 0) is 9.59 Å². The Balaban J connectivity index is 1.28. The van der Waals surface area contributed by atoms with Crippen molar-refractivity contribution in [2.45, 2.75) is 32.3 Å². The van der Waals surface area contributed by atoms with E-state index in [4.69, 9.17) is 18.9 Å². The van der Waals surface area contributed by atoms with E-state index in [1.165, 1.54) is 0 Å². The average molecular weight is 505 g/mol. The molecule has 0 aromatic heterocycles. The summed E-state index contributed by atoms with van der Waals surface area (Å²) in [5.41, 5.74) is 1.25. The van der Waals surface area contributed by atoms with Crippen molar-refractivity contribution in [3.05, 3.63) is 72.8 Å². The van der Waals surface area contributed by atoms with Gasteiger partial charge in [0.1, 0.15) is 23.0 Å². The van der Waals surface area contributed by atoms with E-state index in [0.717, 1.165) is 17.2 Å². The van der Waals surface area contributed by atoms with Crippen molar-refractivity contribution in [1.29, 1.82) is 0 Å². The average Bonchev–Trinajstić information content (AvgIpc) is 2.92. The molecule has 0 fully saturated rings. The molecule has 0 aliphatic carbocycles. The normalized spacial score (nSPS) is 14.4. The van der Waals surface area contributed by atoms with Crippen molar-refractivity contribution >= 4 is 23.2 Å². The molecule has 1 heterocycles. The number of rotatable bonds is 12. The van der Waals surface area contributed by atoms with Gasteiger partial charge in [0.2, 0.25) is 5.91 Å². The lowest BCUT2D eigenvalue weighted by atomic mass is 10.1. The maximum absolute atomic E-state index is 12.9. The molecule has 0 saturated carbocycles. The van der Waals surface area contributed by atoms with Crippen LogP contribution in [0.1, 0.15) is 26.2 Å². The van der Waals surface area contributed by atoms with Crippen molar-refractivity contribution < 1.29 is 28.5 Å². The molecule has 1 aliphatic heterocycles. The van der Waals surface area contributed by atoms with Gasteiger partial charge in [0.25, 0.3) is 5.91 Å². The zero-order chi connectivity index (χ0) is 26.0. The van der Waals surface area contributed by atoms with Crippen LogP contribution in [0.4, 0.5) is 11.4 Å². The van der Waals surface area contributed by atoms with Gasteiger partial charge in [-0.05, 0) is 74.4 Å². The maximum Gasteiger partial charge on any atom is 0.267 e. The van der Waals surface area contributed by atoms with E-state index in [2.05, 4.69) is 5.32 Å². The van der Waals surface area contributed by atoms with E-state index in [9.17, 15) is 9.59 Å². The van der Waals surface area contributed by atoms with Crippen LogP contribution < -0.4 is 29.2 Å². The first-order valence-corrected chi connectivity index (χ1v) is 12.4. The fraction of sp³-hybridized carbons (Fsp3) is 0.310. The number of para-hydroxylation sites is 1. The van der Waals surface area contributed by atoms with Crippen molar-refractivity contribution in [3.8, 4) is 23.0 Å². The third kappa shape index (κ3) is 7.16. The number of carbonyl (C=O) groups is 2. The molecular formula is C29H32N2O6. The monoisotopic (exact) mass is 504 g/mol.